The van der Waals surface area contributed by atoms with Crippen LogP contribution in [-0.4, -0.2) is 17.0 Å². The molecule has 1 rings (SSSR count). The lowest BCUT2D eigenvalue weighted by Crippen LogP contribution is -1.97. The number of nitrogens with one attached hydrogen (secondary N) is 1. The van der Waals surface area contributed by atoms with Gasteiger partial charge in [-0.3, -0.25) is 0 Å². The van der Waals surface area contributed by atoms with Crippen molar-refractivity contribution < 1.29 is 0 Å². The van der Waals surface area contributed by atoms with Crippen molar-refractivity contribution in [3.8, 4) is 0 Å². The van der Waals surface area contributed by atoms with Crippen LogP contribution in [-0.2, 0) is 6.42 Å². The van der Waals surface area contributed by atoms with E-state index in [4.69, 9.17) is 0 Å². The Labute approximate surface area is 60.5 Å². The van der Waals surface area contributed by atoms with E-state index >= 15 is 0 Å². The molecule has 0 aliphatic carbocycles. The van der Waals surface area contributed by atoms with Gasteiger partial charge in [0.15, 0.2) is 0 Å². The van der Waals surface area contributed by atoms with Crippen LogP contribution in [0.2, 0.25) is 0 Å². The van der Waals surface area contributed by atoms with Gasteiger partial charge in [0, 0.05) is 19.7 Å². The van der Waals surface area contributed by atoms with Crippen molar-refractivity contribution in [2.75, 3.05) is 12.4 Å². The molecule has 0 aromatic carbocycles. The molecule has 54 valence electrons. The molecule has 0 saturated carbocycles. The highest BCUT2D eigenvalue weighted by Gasteiger charge is 1.92. The maximum absolute atomic E-state index is 4.19. The first-order valence-electron chi connectivity index (χ1n) is 3.36. The second-order valence-electron chi connectivity index (χ2n) is 1.96. The third kappa shape index (κ3) is 1.43. The zero-order valence-corrected chi connectivity index (χ0v) is 6.26. The minimum atomic E-state index is 0.881. The van der Waals surface area contributed by atoms with Crippen LogP contribution in [0.1, 0.15) is 12.7 Å². The first kappa shape index (κ1) is 6.99. The molecule has 0 aliphatic heterocycles. The third-order valence-electron chi connectivity index (χ3n) is 1.28. The minimum absolute atomic E-state index is 0.881. The summed E-state index contributed by atoms with van der Waals surface area (Å²) in [6, 6.07) is 1.85. The maximum Gasteiger partial charge on any atom is 0.130 e. The lowest BCUT2D eigenvalue weighted by molar-refractivity contribution is 0.941. The fourth-order valence-corrected chi connectivity index (χ4v) is 0.709. The van der Waals surface area contributed by atoms with Crippen LogP contribution >= 0.6 is 0 Å². The zero-order valence-electron chi connectivity index (χ0n) is 6.26. The summed E-state index contributed by atoms with van der Waals surface area (Å²) in [5.41, 5.74) is 0. The Morgan fingerprint density at radius 3 is 3.00 bits per heavy atom. The Morgan fingerprint density at radius 1 is 1.60 bits per heavy atom. The molecule has 0 atom stereocenters. The summed E-state index contributed by atoms with van der Waals surface area (Å²) in [5.74, 6) is 1.76. The summed E-state index contributed by atoms with van der Waals surface area (Å²) in [6.45, 7) is 2.04. The van der Waals surface area contributed by atoms with Crippen molar-refractivity contribution in [1.29, 1.82) is 0 Å². The molecule has 1 N–H and O–H groups in total. The number of rotatable bonds is 2. The van der Waals surface area contributed by atoms with Crippen molar-refractivity contribution in [3.63, 3.8) is 0 Å². The van der Waals surface area contributed by atoms with E-state index in [1.54, 1.807) is 6.20 Å². The summed E-state index contributed by atoms with van der Waals surface area (Å²) >= 11 is 0. The Bertz CT molecular complexity index is 191. The lowest BCUT2D eigenvalue weighted by atomic mass is 10.4. The van der Waals surface area contributed by atoms with Crippen LogP contribution in [0.25, 0.3) is 0 Å². The fraction of sp³-hybridized carbons (Fsp3) is 0.429. The van der Waals surface area contributed by atoms with Gasteiger partial charge in [-0.2, -0.15) is 0 Å². The van der Waals surface area contributed by atoms with Crippen molar-refractivity contribution in [3.05, 3.63) is 18.1 Å². The van der Waals surface area contributed by atoms with Gasteiger partial charge in [0.25, 0.3) is 0 Å². The highest BCUT2D eigenvalue weighted by atomic mass is 15.0. The molecular weight excluding hydrogens is 126 g/mol. The van der Waals surface area contributed by atoms with Crippen LogP contribution in [0.3, 0.4) is 0 Å². The summed E-state index contributed by atoms with van der Waals surface area (Å²) in [6.07, 6.45) is 2.65. The van der Waals surface area contributed by atoms with E-state index in [9.17, 15) is 0 Å². The second-order valence-corrected chi connectivity index (χ2v) is 1.96. The van der Waals surface area contributed by atoms with Gasteiger partial charge in [0.1, 0.15) is 11.6 Å². The van der Waals surface area contributed by atoms with E-state index in [2.05, 4.69) is 15.3 Å². The van der Waals surface area contributed by atoms with E-state index < -0.39 is 0 Å². The van der Waals surface area contributed by atoms with Crippen LogP contribution in [0.15, 0.2) is 12.3 Å². The van der Waals surface area contributed by atoms with Crippen LogP contribution < -0.4 is 5.32 Å². The van der Waals surface area contributed by atoms with E-state index in [1.165, 1.54) is 0 Å². The first-order chi connectivity index (χ1) is 4.86. The van der Waals surface area contributed by atoms with E-state index in [-0.39, 0.29) is 0 Å². The summed E-state index contributed by atoms with van der Waals surface area (Å²) in [7, 11) is 1.85. The summed E-state index contributed by atoms with van der Waals surface area (Å²) in [4.78, 5) is 8.24. The Morgan fingerprint density at radius 2 is 2.40 bits per heavy atom. The molecule has 1 heterocycles. The average Bonchev–Trinajstić information content (AvgIpc) is 2.05. The number of aromatic nitrogens is 2. The smallest absolute Gasteiger partial charge is 0.130 e. The van der Waals surface area contributed by atoms with Crippen molar-refractivity contribution in [1.82, 2.24) is 9.97 Å². The minimum Gasteiger partial charge on any atom is -0.373 e. The predicted octanol–water partition coefficient (Wildman–Crippen LogP) is 1.08. The second kappa shape index (κ2) is 3.15. The van der Waals surface area contributed by atoms with E-state index in [0.717, 1.165) is 18.1 Å². The average molecular weight is 137 g/mol. The topological polar surface area (TPSA) is 37.8 Å². The number of anilines is 1. The van der Waals surface area contributed by atoms with Crippen molar-refractivity contribution >= 4 is 5.82 Å². The Balaban J connectivity index is 2.87. The van der Waals surface area contributed by atoms with Crippen molar-refractivity contribution in [2.24, 2.45) is 0 Å². The van der Waals surface area contributed by atoms with Crippen LogP contribution in [0, 0.1) is 0 Å². The van der Waals surface area contributed by atoms with Crippen LogP contribution in [0.4, 0.5) is 5.82 Å². The van der Waals surface area contributed by atoms with Gasteiger partial charge in [0.2, 0.25) is 0 Å². The normalized spacial score (nSPS) is 9.40. The van der Waals surface area contributed by atoms with E-state index in [1.807, 2.05) is 20.0 Å². The molecule has 0 radical (unpaired) electrons. The van der Waals surface area contributed by atoms with Gasteiger partial charge in [-0.15, -0.1) is 0 Å². The van der Waals surface area contributed by atoms with Crippen LogP contribution in [0.5, 0.6) is 0 Å². The molecule has 0 unspecified atom stereocenters. The van der Waals surface area contributed by atoms with Gasteiger partial charge >= 0.3 is 0 Å². The fourth-order valence-electron chi connectivity index (χ4n) is 0.709. The number of nitrogens with zero attached hydrogens (tertiary/aromatic N) is 2. The van der Waals surface area contributed by atoms with E-state index in [0.29, 0.717) is 0 Å². The molecule has 0 aliphatic rings. The molecule has 0 saturated heterocycles. The Hall–Kier alpha value is -1.12. The van der Waals surface area contributed by atoms with Gasteiger partial charge in [-0.25, -0.2) is 9.97 Å². The molecular formula is C7H11N3. The molecule has 3 nitrogen and oxygen atoms in total. The predicted molar refractivity (Wildman–Crippen MR) is 41.0 cm³/mol. The summed E-state index contributed by atoms with van der Waals surface area (Å²) < 4.78 is 0. The highest BCUT2D eigenvalue weighted by Crippen LogP contribution is 1.99. The van der Waals surface area contributed by atoms with Crippen molar-refractivity contribution in [2.45, 2.75) is 13.3 Å². The quantitative estimate of drug-likeness (QED) is 0.662. The molecule has 0 bridgehead atoms. The Kier molecular flexibility index (Phi) is 2.20. The lowest BCUT2D eigenvalue weighted by Gasteiger charge is -1.98. The standard InChI is InChI=1S/C7H11N3/c1-3-6-9-5-4-7(8-2)10-6/h4-5H,3H2,1-2H3,(H,8,9,10). The molecule has 10 heavy (non-hydrogen) atoms. The summed E-state index contributed by atoms with van der Waals surface area (Å²) in [5, 5.41) is 2.95. The first-order valence-corrected chi connectivity index (χ1v) is 3.36. The zero-order chi connectivity index (χ0) is 7.40. The van der Waals surface area contributed by atoms with Gasteiger partial charge in [-0.1, -0.05) is 6.92 Å². The third-order valence-corrected chi connectivity index (χ3v) is 1.28. The number of aryl methyl sites for hydroxylation is 1. The largest absolute Gasteiger partial charge is 0.373 e. The van der Waals surface area contributed by atoms with Gasteiger partial charge in [-0.05, 0) is 6.07 Å². The monoisotopic (exact) mass is 137 g/mol. The molecule has 0 spiro atoms. The maximum atomic E-state index is 4.19. The highest BCUT2D eigenvalue weighted by molar-refractivity contribution is 5.31. The number of hydrogen-bond acceptors (Lipinski definition) is 3. The van der Waals surface area contributed by atoms with Gasteiger partial charge < -0.3 is 5.32 Å². The molecule has 0 fully saturated rings. The SMILES string of the molecule is CCc1nccc(NC)n1. The number of hydrogen-bond donors (Lipinski definition) is 1. The molecule has 1 aromatic heterocycles. The molecule has 0 amide bonds. The molecule has 3 heteroatoms. The molecule has 1 aromatic rings. The van der Waals surface area contributed by atoms with Gasteiger partial charge in [0.05, 0.1) is 0 Å².